The molecule has 0 aliphatic carbocycles. The summed E-state index contributed by atoms with van der Waals surface area (Å²) in [5.74, 6) is -1.33. The number of likely N-dealkylation sites (tertiary alicyclic amines) is 1. The lowest BCUT2D eigenvalue weighted by molar-refractivity contribution is -0.128. The van der Waals surface area contributed by atoms with Crippen LogP contribution in [0.4, 0.5) is 0 Å². The molecule has 0 bridgehead atoms. The molecule has 27 heavy (non-hydrogen) atoms. The van der Waals surface area contributed by atoms with Crippen LogP contribution < -0.4 is 5.32 Å². The highest BCUT2D eigenvalue weighted by Crippen LogP contribution is 2.24. The fraction of sp³-hybridized carbons (Fsp3) is 0.400. The molecule has 1 fully saturated rings. The quantitative estimate of drug-likeness (QED) is 0.646. The Morgan fingerprint density at radius 2 is 1.96 bits per heavy atom. The zero-order valence-corrected chi connectivity index (χ0v) is 15.5. The molecule has 1 aliphatic heterocycles. The largest absolute Gasteiger partial charge is 0.476 e. The van der Waals surface area contributed by atoms with Gasteiger partial charge in [0.2, 0.25) is 11.8 Å². The second kappa shape index (κ2) is 8.54. The van der Waals surface area contributed by atoms with E-state index in [0.29, 0.717) is 19.5 Å². The second-order valence-corrected chi connectivity index (χ2v) is 7.14. The van der Waals surface area contributed by atoms with Crippen molar-refractivity contribution in [2.75, 3.05) is 13.1 Å². The number of rotatable bonds is 7. The number of benzene rings is 2. The monoisotopic (exact) mass is 368 g/mol. The van der Waals surface area contributed by atoms with Crippen molar-refractivity contribution >= 4 is 29.7 Å². The molecule has 142 valence electrons. The first-order valence-electron chi connectivity index (χ1n) is 9.37. The normalized spacial score (nSPS) is 16.4. The third-order valence-electron chi connectivity index (χ3n) is 5.27. The molecule has 0 aromatic heterocycles. The van der Waals surface area contributed by atoms with Crippen molar-refractivity contribution in [3.63, 3.8) is 0 Å². The van der Waals surface area contributed by atoms with Crippen LogP contribution in [0, 0.1) is 0 Å². The molecule has 6 nitrogen and oxygen atoms in total. The number of nitrogens with zero attached hydrogens (tertiary/aromatic N) is 1. The maximum Gasteiger partial charge on any atom is 0.476 e. The smallest absolute Gasteiger partial charge is 0.426 e. The third kappa shape index (κ3) is 4.67. The molecule has 2 aromatic rings. The fourth-order valence-corrected chi connectivity index (χ4v) is 3.59. The van der Waals surface area contributed by atoms with Crippen LogP contribution in [0.15, 0.2) is 42.5 Å². The molecule has 3 rings (SSSR count). The van der Waals surface area contributed by atoms with E-state index in [1.807, 2.05) is 49.4 Å². The van der Waals surface area contributed by atoms with Gasteiger partial charge in [-0.1, -0.05) is 49.4 Å². The number of amides is 2. The lowest BCUT2D eigenvalue weighted by Crippen LogP contribution is -2.50. The Kier molecular flexibility index (Phi) is 6.13. The van der Waals surface area contributed by atoms with Crippen molar-refractivity contribution in [3.8, 4) is 0 Å². The predicted octanol–water partition coefficient (Wildman–Crippen LogP) is 1.45. The minimum atomic E-state index is -1.68. The van der Waals surface area contributed by atoms with Crippen molar-refractivity contribution < 1.29 is 19.6 Å². The van der Waals surface area contributed by atoms with Crippen LogP contribution in [0.25, 0.3) is 10.8 Å². The lowest BCUT2D eigenvalue weighted by Gasteiger charge is -2.25. The van der Waals surface area contributed by atoms with Gasteiger partial charge in [0.05, 0.1) is 5.94 Å². The zero-order valence-electron chi connectivity index (χ0n) is 15.5. The van der Waals surface area contributed by atoms with Crippen molar-refractivity contribution in [1.29, 1.82) is 0 Å². The molecule has 2 aromatic carbocycles. The highest BCUT2D eigenvalue weighted by atomic mass is 16.4. The molecule has 1 heterocycles. The molecule has 0 radical (unpaired) electrons. The van der Waals surface area contributed by atoms with Crippen molar-refractivity contribution in [2.24, 2.45) is 0 Å². The molecule has 1 saturated heterocycles. The Morgan fingerprint density at radius 1 is 1.22 bits per heavy atom. The summed E-state index contributed by atoms with van der Waals surface area (Å²) >= 11 is 0. The van der Waals surface area contributed by atoms with Crippen LogP contribution in [0.3, 0.4) is 0 Å². The van der Waals surface area contributed by atoms with E-state index in [0.717, 1.165) is 22.8 Å². The molecule has 0 spiro atoms. The van der Waals surface area contributed by atoms with Crippen molar-refractivity contribution in [1.82, 2.24) is 10.2 Å². The molecular weight excluding hydrogens is 343 g/mol. The van der Waals surface area contributed by atoms with Crippen LogP contribution in [0.5, 0.6) is 0 Å². The standard InChI is InChI=1S/C20H25BN2O4/c1-14(16-9-8-15-5-2-3-6-17(15)13-16)20(21(26)27)22-18(24)10-12-23-11-4-7-19(23)25/h2-3,5-6,8-9,13-14,20,26-27H,4,7,10-12H2,1H3,(H,22,24)/t14-,20+/m1/s1. The minimum absolute atomic E-state index is 0.0751. The summed E-state index contributed by atoms with van der Waals surface area (Å²) in [7, 11) is -1.68. The Hall–Kier alpha value is -2.38. The van der Waals surface area contributed by atoms with Crippen LogP contribution in [0.2, 0.25) is 0 Å². The van der Waals surface area contributed by atoms with E-state index < -0.39 is 13.1 Å². The molecule has 0 unspecified atom stereocenters. The first-order chi connectivity index (χ1) is 13.0. The van der Waals surface area contributed by atoms with Gasteiger partial charge in [-0.25, -0.2) is 0 Å². The van der Waals surface area contributed by atoms with E-state index in [9.17, 15) is 19.6 Å². The Labute approximate surface area is 159 Å². The van der Waals surface area contributed by atoms with Gasteiger partial charge in [0.25, 0.3) is 0 Å². The van der Waals surface area contributed by atoms with Gasteiger partial charge in [0, 0.05) is 25.9 Å². The Morgan fingerprint density at radius 3 is 2.63 bits per heavy atom. The van der Waals surface area contributed by atoms with Gasteiger partial charge < -0.3 is 20.3 Å². The van der Waals surface area contributed by atoms with Gasteiger partial charge >= 0.3 is 7.12 Å². The lowest BCUT2D eigenvalue weighted by atomic mass is 9.70. The van der Waals surface area contributed by atoms with E-state index in [4.69, 9.17) is 0 Å². The number of hydrogen-bond acceptors (Lipinski definition) is 4. The topological polar surface area (TPSA) is 89.9 Å². The summed E-state index contributed by atoms with van der Waals surface area (Å²) in [6.45, 7) is 2.91. The van der Waals surface area contributed by atoms with E-state index in [2.05, 4.69) is 5.32 Å². The molecular formula is C20H25BN2O4. The van der Waals surface area contributed by atoms with E-state index in [-0.39, 0.29) is 24.2 Å². The summed E-state index contributed by atoms with van der Waals surface area (Å²) in [6, 6.07) is 13.9. The van der Waals surface area contributed by atoms with Crippen LogP contribution >= 0.6 is 0 Å². The average Bonchev–Trinajstić information content (AvgIpc) is 3.08. The molecule has 7 heteroatoms. The predicted molar refractivity (Wildman–Crippen MR) is 105 cm³/mol. The molecule has 2 amide bonds. The highest BCUT2D eigenvalue weighted by Gasteiger charge is 2.32. The minimum Gasteiger partial charge on any atom is -0.426 e. The van der Waals surface area contributed by atoms with Gasteiger partial charge in [-0.05, 0) is 28.7 Å². The second-order valence-electron chi connectivity index (χ2n) is 7.14. The van der Waals surface area contributed by atoms with Gasteiger partial charge in [0.1, 0.15) is 0 Å². The van der Waals surface area contributed by atoms with Crippen LogP contribution in [0.1, 0.15) is 37.7 Å². The van der Waals surface area contributed by atoms with E-state index in [1.54, 1.807) is 4.90 Å². The van der Waals surface area contributed by atoms with Crippen LogP contribution in [-0.2, 0) is 9.59 Å². The first kappa shape index (κ1) is 19.4. The fourth-order valence-electron chi connectivity index (χ4n) is 3.59. The van der Waals surface area contributed by atoms with E-state index >= 15 is 0 Å². The SMILES string of the molecule is C[C@H](c1ccc2ccccc2c1)[C@H](NC(=O)CCN1CCCC1=O)B(O)O. The van der Waals surface area contributed by atoms with Gasteiger partial charge in [0.15, 0.2) is 0 Å². The van der Waals surface area contributed by atoms with Gasteiger partial charge in [-0.2, -0.15) is 0 Å². The third-order valence-corrected chi connectivity index (χ3v) is 5.27. The van der Waals surface area contributed by atoms with E-state index in [1.165, 1.54) is 0 Å². The maximum absolute atomic E-state index is 12.3. The molecule has 2 atom stereocenters. The molecule has 0 saturated carbocycles. The van der Waals surface area contributed by atoms with Crippen molar-refractivity contribution in [3.05, 3.63) is 48.0 Å². The number of carbonyl (C=O) groups excluding carboxylic acids is 2. The highest BCUT2D eigenvalue weighted by molar-refractivity contribution is 6.44. The summed E-state index contributed by atoms with van der Waals surface area (Å²) in [5, 5.41) is 24.5. The number of carbonyl (C=O) groups is 2. The first-order valence-corrected chi connectivity index (χ1v) is 9.37. The average molecular weight is 368 g/mol. The number of nitrogens with one attached hydrogen (secondary N) is 1. The number of fused-ring (bicyclic) bond motifs is 1. The summed E-state index contributed by atoms with van der Waals surface area (Å²) in [5.41, 5.74) is 0.918. The Bertz CT molecular complexity index is 826. The zero-order chi connectivity index (χ0) is 19.4. The summed E-state index contributed by atoms with van der Waals surface area (Å²) < 4.78 is 0. The maximum atomic E-state index is 12.3. The van der Waals surface area contributed by atoms with Gasteiger partial charge in [-0.15, -0.1) is 0 Å². The molecule has 3 N–H and O–H groups in total. The summed E-state index contributed by atoms with van der Waals surface area (Å²) in [6.07, 6.45) is 1.52. The van der Waals surface area contributed by atoms with Crippen molar-refractivity contribution in [2.45, 2.75) is 38.0 Å². The summed E-state index contributed by atoms with van der Waals surface area (Å²) in [4.78, 5) is 25.6. The van der Waals surface area contributed by atoms with Gasteiger partial charge in [-0.3, -0.25) is 9.59 Å². The Balaban J connectivity index is 1.66. The molecule has 1 aliphatic rings. The van der Waals surface area contributed by atoms with Crippen LogP contribution in [-0.4, -0.2) is 52.9 Å². The number of hydrogen-bond donors (Lipinski definition) is 3.